The van der Waals surface area contributed by atoms with Crippen molar-refractivity contribution in [2.24, 2.45) is 0 Å². The number of hydrogen-bond donors (Lipinski definition) is 3. The van der Waals surface area contributed by atoms with Gasteiger partial charge in [0.1, 0.15) is 31.0 Å². The number of carbonyl (C=O) groups is 2. The molecular formula is C15H24O7. The summed E-state index contributed by atoms with van der Waals surface area (Å²) in [6, 6.07) is 0. The standard InChI is InChI=1S/C15H24O7/c1-2-3-4-5-6-7-11(16)8-13(18)21-10-15(20)14(19)12(17)9-22-15/h2,12,14,17,19-20H,1,3-10H2/t12-,14+,15-/m1/s1. The van der Waals surface area contributed by atoms with Crippen LogP contribution in [0.4, 0.5) is 0 Å². The Bertz CT molecular complexity index is 395. The van der Waals surface area contributed by atoms with Crippen LogP contribution in [0, 0.1) is 0 Å². The zero-order chi connectivity index (χ0) is 16.6. The molecule has 22 heavy (non-hydrogen) atoms. The number of aliphatic hydroxyl groups excluding tert-OH is 2. The lowest BCUT2D eigenvalue weighted by atomic mass is 10.1. The number of ketones is 1. The molecule has 7 nitrogen and oxygen atoms in total. The maximum atomic E-state index is 11.6. The van der Waals surface area contributed by atoms with Gasteiger partial charge >= 0.3 is 5.97 Å². The van der Waals surface area contributed by atoms with Crippen molar-refractivity contribution in [1.82, 2.24) is 0 Å². The van der Waals surface area contributed by atoms with E-state index in [2.05, 4.69) is 6.58 Å². The van der Waals surface area contributed by atoms with E-state index >= 15 is 0 Å². The second kappa shape index (κ2) is 8.99. The molecule has 0 bridgehead atoms. The largest absolute Gasteiger partial charge is 0.459 e. The number of allylic oxidation sites excluding steroid dienone is 1. The molecule has 0 aromatic heterocycles. The molecule has 1 saturated heterocycles. The highest BCUT2D eigenvalue weighted by atomic mass is 16.7. The van der Waals surface area contributed by atoms with Crippen LogP contribution in [0.25, 0.3) is 0 Å². The Hall–Kier alpha value is -1.28. The van der Waals surface area contributed by atoms with Crippen LogP contribution in [0.2, 0.25) is 0 Å². The maximum absolute atomic E-state index is 11.6. The third kappa shape index (κ3) is 5.84. The number of hydrogen-bond acceptors (Lipinski definition) is 7. The number of unbranched alkanes of at least 4 members (excludes halogenated alkanes) is 3. The molecule has 1 rings (SSSR count). The second-order valence-corrected chi connectivity index (χ2v) is 5.43. The van der Waals surface area contributed by atoms with Crippen LogP contribution in [0.5, 0.6) is 0 Å². The molecule has 0 spiro atoms. The van der Waals surface area contributed by atoms with Gasteiger partial charge in [0.2, 0.25) is 5.79 Å². The predicted octanol–water partition coefficient (Wildman–Crippen LogP) is 0.0659. The van der Waals surface area contributed by atoms with Gasteiger partial charge in [0.05, 0.1) is 6.61 Å². The minimum atomic E-state index is -2.12. The Labute approximate surface area is 129 Å². The molecule has 3 atom stereocenters. The molecule has 0 amide bonds. The Balaban J connectivity index is 2.20. The summed E-state index contributed by atoms with van der Waals surface area (Å²) < 4.78 is 9.55. The fourth-order valence-electron chi connectivity index (χ4n) is 2.11. The summed E-state index contributed by atoms with van der Waals surface area (Å²) in [6.45, 7) is 2.73. The van der Waals surface area contributed by atoms with E-state index in [-0.39, 0.29) is 18.8 Å². The highest BCUT2D eigenvalue weighted by Gasteiger charge is 2.48. The predicted molar refractivity (Wildman–Crippen MR) is 76.8 cm³/mol. The fraction of sp³-hybridized carbons (Fsp3) is 0.733. The highest BCUT2D eigenvalue weighted by Crippen LogP contribution is 2.24. The number of rotatable bonds is 10. The second-order valence-electron chi connectivity index (χ2n) is 5.43. The van der Waals surface area contributed by atoms with Crippen molar-refractivity contribution in [3.63, 3.8) is 0 Å². The number of esters is 1. The molecule has 0 unspecified atom stereocenters. The van der Waals surface area contributed by atoms with Crippen LogP contribution in [-0.4, -0.2) is 58.3 Å². The van der Waals surface area contributed by atoms with Crippen LogP contribution in [0.15, 0.2) is 12.7 Å². The molecular weight excluding hydrogens is 292 g/mol. The van der Waals surface area contributed by atoms with E-state index < -0.39 is 30.6 Å². The first-order valence-electron chi connectivity index (χ1n) is 7.39. The SMILES string of the molecule is C=CCCCCCC(=O)CC(=O)OC[C@@]1(O)OC[C@@H](O)[C@@H]1O. The van der Waals surface area contributed by atoms with Crippen molar-refractivity contribution in [2.75, 3.05) is 13.2 Å². The van der Waals surface area contributed by atoms with E-state index in [1.54, 1.807) is 0 Å². The van der Waals surface area contributed by atoms with Gasteiger partial charge in [-0.3, -0.25) is 9.59 Å². The first-order chi connectivity index (χ1) is 10.4. The quantitative estimate of drug-likeness (QED) is 0.226. The number of carbonyl (C=O) groups excluding carboxylic acids is 2. The minimum absolute atomic E-state index is 0.233. The van der Waals surface area contributed by atoms with Crippen molar-refractivity contribution < 1.29 is 34.4 Å². The average molecular weight is 316 g/mol. The molecule has 0 radical (unpaired) electrons. The van der Waals surface area contributed by atoms with Gasteiger partial charge in [0, 0.05) is 6.42 Å². The summed E-state index contributed by atoms with van der Waals surface area (Å²) >= 11 is 0. The molecule has 0 aliphatic carbocycles. The third-order valence-electron chi connectivity index (χ3n) is 3.48. The monoisotopic (exact) mass is 316 g/mol. The van der Waals surface area contributed by atoms with Crippen LogP contribution < -0.4 is 0 Å². The summed E-state index contributed by atoms with van der Waals surface area (Å²) in [4.78, 5) is 23.1. The zero-order valence-corrected chi connectivity index (χ0v) is 12.6. The topological polar surface area (TPSA) is 113 Å². The molecule has 126 valence electrons. The summed E-state index contributed by atoms with van der Waals surface area (Å²) in [5, 5.41) is 28.6. The molecule has 1 heterocycles. The van der Waals surface area contributed by atoms with E-state index in [4.69, 9.17) is 9.47 Å². The summed E-state index contributed by atoms with van der Waals surface area (Å²) in [6.07, 6.45) is 2.42. The van der Waals surface area contributed by atoms with Crippen LogP contribution >= 0.6 is 0 Å². The van der Waals surface area contributed by atoms with Gasteiger partial charge in [0.15, 0.2) is 0 Å². The summed E-state index contributed by atoms with van der Waals surface area (Å²) in [5.41, 5.74) is 0. The fourth-order valence-corrected chi connectivity index (χ4v) is 2.11. The smallest absolute Gasteiger partial charge is 0.313 e. The molecule has 0 saturated carbocycles. The van der Waals surface area contributed by atoms with E-state index in [1.807, 2.05) is 6.08 Å². The first-order valence-corrected chi connectivity index (χ1v) is 7.39. The Morgan fingerprint density at radius 1 is 1.32 bits per heavy atom. The molecule has 1 aliphatic rings. The molecule has 1 aliphatic heterocycles. The van der Waals surface area contributed by atoms with Crippen molar-refractivity contribution in [2.45, 2.75) is 56.5 Å². The normalized spacial score (nSPS) is 27.6. The van der Waals surface area contributed by atoms with E-state index in [0.717, 1.165) is 19.3 Å². The molecule has 0 aromatic rings. The summed E-state index contributed by atoms with van der Waals surface area (Å²) in [5.74, 6) is -3.15. The van der Waals surface area contributed by atoms with Gasteiger partial charge in [-0.25, -0.2) is 0 Å². The van der Waals surface area contributed by atoms with Gasteiger partial charge in [-0.2, -0.15) is 0 Å². The van der Waals surface area contributed by atoms with Crippen molar-refractivity contribution in [3.8, 4) is 0 Å². The molecule has 3 N–H and O–H groups in total. The van der Waals surface area contributed by atoms with Gasteiger partial charge in [0.25, 0.3) is 0 Å². The number of Topliss-reactive ketones (excluding diaryl/α,β-unsaturated/α-hetero) is 1. The zero-order valence-electron chi connectivity index (χ0n) is 12.6. The van der Waals surface area contributed by atoms with E-state index in [9.17, 15) is 24.9 Å². The summed E-state index contributed by atoms with van der Waals surface area (Å²) in [7, 11) is 0. The minimum Gasteiger partial charge on any atom is -0.459 e. The lowest BCUT2D eigenvalue weighted by molar-refractivity contribution is -0.240. The first kappa shape index (κ1) is 18.8. The van der Waals surface area contributed by atoms with Crippen molar-refractivity contribution in [3.05, 3.63) is 12.7 Å². The third-order valence-corrected chi connectivity index (χ3v) is 3.48. The lowest BCUT2D eigenvalue weighted by Gasteiger charge is -2.24. The van der Waals surface area contributed by atoms with E-state index in [0.29, 0.717) is 12.8 Å². The molecule has 7 heteroatoms. The molecule has 1 fully saturated rings. The van der Waals surface area contributed by atoms with E-state index in [1.165, 1.54) is 0 Å². The van der Waals surface area contributed by atoms with Gasteiger partial charge in [-0.1, -0.05) is 12.5 Å². The average Bonchev–Trinajstić information content (AvgIpc) is 2.73. The lowest BCUT2D eigenvalue weighted by Crippen LogP contribution is -2.47. The van der Waals surface area contributed by atoms with Gasteiger partial charge < -0.3 is 24.8 Å². The van der Waals surface area contributed by atoms with Gasteiger partial charge in [-0.05, 0) is 19.3 Å². The number of ether oxygens (including phenoxy) is 2. The van der Waals surface area contributed by atoms with Gasteiger partial charge in [-0.15, -0.1) is 6.58 Å². The Kier molecular flexibility index (Phi) is 7.67. The Morgan fingerprint density at radius 3 is 2.64 bits per heavy atom. The Morgan fingerprint density at radius 2 is 2.05 bits per heavy atom. The maximum Gasteiger partial charge on any atom is 0.313 e. The highest BCUT2D eigenvalue weighted by molar-refractivity contribution is 5.95. The number of aliphatic hydroxyl groups is 3. The van der Waals surface area contributed by atoms with Crippen LogP contribution in [0.1, 0.15) is 38.5 Å². The molecule has 0 aromatic carbocycles. The van der Waals surface area contributed by atoms with Crippen LogP contribution in [-0.2, 0) is 19.1 Å². The van der Waals surface area contributed by atoms with Crippen molar-refractivity contribution in [1.29, 1.82) is 0 Å². The van der Waals surface area contributed by atoms with Crippen LogP contribution in [0.3, 0.4) is 0 Å². The van der Waals surface area contributed by atoms with Crippen molar-refractivity contribution >= 4 is 11.8 Å².